The number of nitrogens with zero attached hydrogens (tertiary/aromatic N) is 2. The lowest BCUT2D eigenvalue weighted by atomic mass is 10.2. The fourth-order valence-corrected chi connectivity index (χ4v) is 1.79. The number of hydrogen-bond acceptors (Lipinski definition) is 5. The molecule has 0 spiro atoms. The summed E-state index contributed by atoms with van der Waals surface area (Å²) < 4.78 is 10.2. The Labute approximate surface area is 135 Å². The molecule has 0 amide bonds. The van der Waals surface area contributed by atoms with Crippen molar-refractivity contribution in [3.8, 4) is 5.88 Å². The number of halogens is 1. The molecule has 0 saturated carbocycles. The lowest BCUT2D eigenvalue weighted by Gasteiger charge is -2.10. The fourth-order valence-electron chi connectivity index (χ4n) is 1.63. The Balaban J connectivity index is 0.00000116. The van der Waals surface area contributed by atoms with E-state index >= 15 is 0 Å². The first kappa shape index (κ1) is 17.9. The highest BCUT2D eigenvalue weighted by Crippen LogP contribution is 2.21. The van der Waals surface area contributed by atoms with Gasteiger partial charge in [0.15, 0.2) is 5.69 Å². The second-order valence-corrected chi connectivity index (χ2v) is 4.38. The van der Waals surface area contributed by atoms with Crippen molar-refractivity contribution >= 4 is 17.6 Å². The lowest BCUT2D eigenvalue weighted by Crippen LogP contribution is -2.10. The molecular formula is C16H19ClN2O3. The normalized spacial score (nSPS) is 9.50. The zero-order chi connectivity index (χ0) is 16.5. The molecule has 5 nitrogen and oxygen atoms in total. The van der Waals surface area contributed by atoms with Crippen LogP contribution in [0.25, 0.3) is 0 Å². The van der Waals surface area contributed by atoms with Gasteiger partial charge in [0.25, 0.3) is 0 Å². The van der Waals surface area contributed by atoms with Crippen molar-refractivity contribution in [2.45, 2.75) is 27.4 Å². The van der Waals surface area contributed by atoms with E-state index in [2.05, 4.69) is 14.7 Å². The van der Waals surface area contributed by atoms with Crippen molar-refractivity contribution in [3.05, 3.63) is 52.4 Å². The van der Waals surface area contributed by atoms with Gasteiger partial charge in [-0.25, -0.2) is 9.78 Å². The molecule has 1 aromatic carbocycles. The summed E-state index contributed by atoms with van der Waals surface area (Å²) in [5, 5.41) is -0.0564. The van der Waals surface area contributed by atoms with Crippen LogP contribution in [0, 0.1) is 6.92 Å². The standard InChI is InChI=1S/C14H13ClN2O3.C2H6/c1-9-11(13(18)19-2)16-14(15)17-12(9)20-8-10-6-4-3-5-7-10;1-2/h3-7H,8H2,1-2H3;1-2H3. The van der Waals surface area contributed by atoms with E-state index < -0.39 is 5.97 Å². The van der Waals surface area contributed by atoms with E-state index in [1.807, 2.05) is 44.2 Å². The highest BCUT2D eigenvalue weighted by Gasteiger charge is 2.18. The Kier molecular flexibility index (Phi) is 7.32. The molecule has 1 heterocycles. The van der Waals surface area contributed by atoms with Crippen molar-refractivity contribution < 1.29 is 14.3 Å². The van der Waals surface area contributed by atoms with E-state index in [1.165, 1.54) is 7.11 Å². The molecule has 0 radical (unpaired) electrons. The van der Waals surface area contributed by atoms with Gasteiger partial charge in [0.1, 0.15) is 6.61 Å². The van der Waals surface area contributed by atoms with Gasteiger partial charge >= 0.3 is 5.97 Å². The second-order valence-electron chi connectivity index (χ2n) is 4.04. The molecule has 22 heavy (non-hydrogen) atoms. The third kappa shape index (κ3) is 4.70. The highest BCUT2D eigenvalue weighted by molar-refractivity contribution is 6.28. The molecule has 0 atom stereocenters. The molecule has 1 aromatic heterocycles. The van der Waals surface area contributed by atoms with Crippen molar-refractivity contribution in [1.82, 2.24) is 9.97 Å². The van der Waals surface area contributed by atoms with E-state index in [1.54, 1.807) is 6.92 Å². The molecule has 0 bridgehead atoms. The summed E-state index contributed by atoms with van der Waals surface area (Å²) in [6.45, 7) is 6.01. The Morgan fingerprint density at radius 3 is 2.41 bits per heavy atom. The van der Waals surface area contributed by atoms with E-state index in [0.29, 0.717) is 12.2 Å². The zero-order valence-corrected chi connectivity index (χ0v) is 13.8. The van der Waals surface area contributed by atoms with Gasteiger partial charge in [0.05, 0.1) is 7.11 Å². The third-order valence-corrected chi connectivity index (χ3v) is 2.84. The molecule has 0 aliphatic heterocycles. The zero-order valence-electron chi connectivity index (χ0n) is 13.1. The number of esters is 1. The van der Waals surface area contributed by atoms with Crippen LogP contribution in [-0.2, 0) is 11.3 Å². The molecular weight excluding hydrogens is 304 g/mol. The van der Waals surface area contributed by atoms with Crippen molar-refractivity contribution in [2.24, 2.45) is 0 Å². The van der Waals surface area contributed by atoms with Gasteiger partial charge in [-0.05, 0) is 24.1 Å². The molecule has 0 saturated heterocycles. The number of benzene rings is 1. The van der Waals surface area contributed by atoms with Gasteiger partial charge in [0, 0.05) is 5.56 Å². The number of rotatable bonds is 4. The van der Waals surface area contributed by atoms with Crippen LogP contribution in [0.1, 0.15) is 35.5 Å². The molecule has 0 unspecified atom stereocenters. The summed E-state index contributed by atoms with van der Waals surface area (Å²) in [7, 11) is 1.28. The Morgan fingerprint density at radius 1 is 1.18 bits per heavy atom. The SMILES string of the molecule is CC.COC(=O)c1nc(Cl)nc(OCc2ccccc2)c1C. The van der Waals surface area contributed by atoms with Crippen molar-refractivity contribution in [2.75, 3.05) is 7.11 Å². The number of aromatic nitrogens is 2. The first-order valence-corrected chi connectivity index (χ1v) is 7.28. The Morgan fingerprint density at radius 2 is 1.82 bits per heavy atom. The number of hydrogen-bond donors (Lipinski definition) is 0. The van der Waals surface area contributed by atoms with Crippen LogP contribution < -0.4 is 4.74 Å². The Bertz CT molecular complexity index is 618. The quantitative estimate of drug-likeness (QED) is 0.632. The van der Waals surface area contributed by atoms with Crippen LogP contribution in [-0.4, -0.2) is 23.0 Å². The van der Waals surface area contributed by atoms with Crippen LogP contribution >= 0.6 is 11.6 Å². The molecule has 118 valence electrons. The predicted octanol–water partition coefficient (Wildman–Crippen LogP) is 3.83. The monoisotopic (exact) mass is 322 g/mol. The van der Waals surface area contributed by atoms with Gasteiger partial charge < -0.3 is 9.47 Å². The van der Waals surface area contributed by atoms with Gasteiger partial charge in [0.2, 0.25) is 11.2 Å². The number of methoxy groups -OCH3 is 1. The van der Waals surface area contributed by atoms with E-state index in [9.17, 15) is 4.79 Å². The molecule has 2 rings (SSSR count). The maximum atomic E-state index is 11.6. The minimum atomic E-state index is -0.573. The summed E-state index contributed by atoms with van der Waals surface area (Å²) >= 11 is 5.79. The molecule has 0 aliphatic rings. The smallest absolute Gasteiger partial charge is 0.357 e. The number of carbonyl (C=O) groups excluding carboxylic acids is 1. The predicted molar refractivity (Wildman–Crippen MR) is 85.2 cm³/mol. The van der Waals surface area contributed by atoms with Crippen LogP contribution in [0.15, 0.2) is 30.3 Å². The number of carbonyl (C=O) groups is 1. The highest BCUT2D eigenvalue weighted by atomic mass is 35.5. The molecule has 6 heteroatoms. The average Bonchev–Trinajstić information content (AvgIpc) is 2.57. The van der Waals surface area contributed by atoms with Crippen molar-refractivity contribution in [3.63, 3.8) is 0 Å². The average molecular weight is 323 g/mol. The molecule has 2 aromatic rings. The summed E-state index contributed by atoms with van der Waals surface area (Å²) in [6, 6.07) is 9.61. The van der Waals surface area contributed by atoms with Gasteiger partial charge in [-0.1, -0.05) is 44.2 Å². The maximum absolute atomic E-state index is 11.6. The largest absolute Gasteiger partial charge is 0.472 e. The number of ether oxygens (including phenoxy) is 2. The summed E-state index contributed by atoms with van der Waals surface area (Å²) in [5.74, 6) is -0.300. The van der Waals surface area contributed by atoms with Crippen LogP contribution in [0.4, 0.5) is 0 Å². The summed E-state index contributed by atoms with van der Waals surface area (Å²) in [5.41, 5.74) is 1.59. The van der Waals surface area contributed by atoms with Gasteiger partial charge in [-0.15, -0.1) is 0 Å². The molecule has 0 aliphatic carbocycles. The lowest BCUT2D eigenvalue weighted by molar-refractivity contribution is 0.0592. The van der Waals surface area contributed by atoms with Gasteiger partial charge in [-0.3, -0.25) is 0 Å². The Hall–Kier alpha value is -2.14. The maximum Gasteiger partial charge on any atom is 0.357 e. The minimum absolute atomic E-state index is 0.0564. The molecule has 0 N–H and O–H groups in total. The van der Waals surface area contributed by atoms with Gasteiger partial charge in [-0.2, -0.15) is 4.98 Å². The van der Waals surface area contributed by atoms with E-state index in [-0.39, 0.29) is 16.9 Å². The van der Waals surface area contributed by atoms with Crippen LogP contribution in [0.5, 0.6) is 5.88 Å². The molecule has 0 fully saturated rings. The van der Waals surface area contributed by atoms with Crippen LogP contribution in [0.3, 0.4) is 0 Å². The van der Waals surface area contributed by atoms with Crippen LogP contribution in [0.2, 0.25) is 5.28 Å². The minimum Gasteiger partial charge on any atom is -0.472 e. The van der Waals surface area contributed by atoms with E-state index in [4.69, 9.17) is 16.3 Å². The first-order valence-electron chi connectivity index (χ1n) is 6.91. The third-order valence-electron chi connectivity index (χ3n) is 2.67. The second kappa shape index (κ2) is 9.00. The summed E-state index contributed by atoms with van der Waals surface area (Å²) in [4.78, 5) is 19.4. The summed E-state index contributed by atoms with van der Waals surface area (Å²) in [6.07, 6.45) is 0. The fraction of sp³-hybridized carbons (Fsp3) is 0.312. The van der Waals surface area contributed by atoms with Crippen molar-refractivity contribution in [1.29, 1.82) is 0 Å². The first-order chi connectivity index (χ1) is 10.6. The van der Waals surface area contributed by atoms with E-state index in [0.717, 1.165) is 5.56 Å². The topological polar surface area (TPSA) is 61.3 Å².